The summed E-state index contributed by atoms with van der Waals surface area (Å²) in [7, 11) is 6.00. The van der Waals surface area contributed by atoms with E-state index in [4.69, 9.17) is 11.6 Å². The Hall–Kier alpha value is 0.250. The second-order valence-electron chi connectivity index (χ2n) is 10.9. The molecule has 0 N–H and O–H groups in total. The van der Waals surface area contributed by atoms with Gasteiger partial charge in [-0.05, 0) is 34.0 Å². The number of unbranched alkanes of at least 4 members (excludes halogenated alkanes) is 21. The summed E-state index contributed by atoms with van der Waals surface area (Å²) in [5.74, 6) is 0. The van der Waals surface area contributed by atoms with Crippen molar-refractivity contribution in [1.29, 1.82) is 0 Å². The van der Waals surface area contributed by atoms with Crippen molar-refractivity contribution in [3.8, 4) is 0 Å². The van der Waals surface area contributed by atoms with E-state index in [2.05, 4.69) is 13.8 Å². The molecule has 2 heteroatoms. The monoisotopic (exact) mass is 487 g/mol. The van der Waals surface area contributed by atoms with Crippen LogP contribution < -0.4 is 0 Å². The highest BCUT2D eigenvalue weighted by molar-refractivity contribution is 6.20. The summed E-state index contributed by atoms with van der Waals surface area (Å²) in [6.45, 7) is 4.59. The number of alkyl halides is 1. The number of rotatable bonds is 25. The van der Waals surface area contributed by atoms with Gasteiger partial charge in [-0.2, -0.15) is 0 Å². The molecule has 1 unspecified atom stereocenters. The maximum Gasteiger partial charge on any atom is 0.0336 e. The van der Waals surface area contributed by atoms with Crippen molar-refractivity contribution in [2.24, 2.45) is 0 Å². The first-order valence-corrected chi connectivity index (χ1v) is 15.7. The summed E-state index contributed by atoms with van der Waals surface area (Å²) in [5.41, 5.74) is 0. The fourth-order valence-electron chi connectivity index (χ4n) is 4.38. The van der Waals surface area contributed by atoms with E-state index in [-0.39, 0.29) is 0 Å². The second kappa shape index (κ2) is 32.2. The van der Waals surface area contributed by atoms with Crippen LogP contribution in [0.25, 0.3) is 0 Å². The Morgan fingerprint density at radius 1 is 0.394 bits per heavy atom. The van der Waals surface area contributed by atoms with Gasteiger partial charge in [-0.15, -0.1) is 11.6 Å². The molecule has 0 saturated heterocycles. The maximum atomic E-state index is 6.53. The largest absolute Gasteiger partial charge is 0.312 e. The molecule has 0 aliphatic rings. The number of nitrogens with zero attached hydrogens (tertiary/aromatic N) is 1. The molecular formula is C31H66ClN. The Morgan fingerprint density at radius 2 is 0.576 bits per heavy atom. The van der Waals surface area contributed by atoms with Gasteiger partial charge in [-0.3, -0.25) is 0 Å². The van der Waals surface area contributed by atoms with Crippen LogP contribution >= 0.6 is 11.6 Å². The summed E-state index contributed by atoms with van der Waals surface area (Å²) < 4.78 is 0. The van der Waals surface area contributed by atoms with Gasteiger partial charge in [0.1, 0.15) is 0 Å². The van der Waals surface area contributed by atoms with E-state index in [1.54, 1.807) is 0 Å². The van der Waals surface area contributed by atoms with Gasteiger partial charge in [-0.1, -0.05) is 162 Å². The van der Waals surface area contributed by atoms with Crippen LogP contribution in [0.2, 0.25) is 0 Å². The first-order chi connectivity index (χ1) is 16.0. The molecule has 0 aliphatic heterocycles. The lowest BCUT2D eigenvalue weighted by Gasteiger charge is -2.09. The average Bonchev–Trinajstić information content (AvgIpc) is 2.78. The minimum Gasteiger partial charge on any atom is -0.312 e. The third-order valence-electron chi connectivity index (χ3n) is 6.49. The van der Waals surface area contributed by atoms with Gasteiger partial charge in [0.05, 0.1) is 0 Å². The van der Waals surface area contributed by atoms with Crippen LogP contribution in [-0.4, -0.2) is 31.4 Å². The van der Waals surface area contributed by atoms with Crippen LogP contribution in [0.15, 0.2) is 0 Å². The van der Waals surface area contributed by atoms with E-state index in [1.807, 2.05) is 26.0 Å². The zero-order valence-corrected chi connectivity index (χ0v) is 24.8. The molecule has 0 bridgehead atoms. The van der Waals surface area contributed by atoms with Crippen molar-refractivity contribution < 1.29 is 0 Å². The molecule has 1 nitrogen and oxygen atoms in total. The highest BCUT2D eigenvalue weighted by Crippen LogP contribution is 2.19. The van der Waals surface area contributed by atoms with Crippen molar-refractivity contribution in [3.05, 3.63) is 0 Å². The molecule has 202 valence electrons. The predicted molar refractivity (Wildman–Crippen MR) is 156 cm³/mol. The van der Waals surface area contributed by atoms with Crippen molar-refractivity contribution >= 4 is 11.6 Å². The molecule has 1 atom stereocenters. The standard InChI is InChI=1S/C28H57Cl.C3H9N/c1-3-5-7-9-11-13-15-16-17-19-21-23-25-27-28(29)26-24-22-20-18-14-12-10-8-6-4-2;1-4(2)3/h28H,3-27H2,1-2H3;1-3H3. The van der Waals surface area contributed by atoms with Crippen LogP contribution in [0.5, 0.6) is 0 Å². The zero-order chi connectivity index (χ0) is 24.8. The molecule has 0 aromatic heterocycles. The molecule has 0 aromatic carbocycles. The van der Waals surface area contributed by atoms with E-state index in [0.29, 0.717) is 5.38 Å². The highest BCUT2D eigenvalue weighted by Gasteiger charge is 2.04. The highest BCUT2D eigenvalue weighted by atomic mass is 35.5. The molecular weight excluding hydrogens is 422 g/mol. The Labute approximate surface area is 217 Å². The molecule has 0 spiro atoms. The van der Waals surface area contributed by atoms with E-state index in [1.165, 1.54) is 161 Å². The Morgan fingerprint density at radius 3 is 0.788 bits per heavy atom. The predicted octanol–water partition coefficient (Wildman–Crippen LogP) is 11.6. The molecule has 0 amide bonds. The lowest BCUT2D eigenvalue weighted by Crippen LogP contribution is -1.99. The molecule has 0 rings (SSSR count). The lowest BCUT2D eigenvalue weighted by atomic mass is 10.0. The van der Waals surface area contributed by atoms with Crippen LogP contribution in [0, 0.1) is 0 Å². The molecule has 33 heavy (non-hydrogen) atoms. The van der Waals surface area contributed by atoms with Crippen molar-refractivity contribution in [1.82, 2.24) is 4.90 Å². The van der Waals surface area contributed by atoms with Gasteiger partial charge in [0.25, 0.3) is 0 Å². The smallest absolute Gasteiger partial charge is 0.0336 e. The van der Waals surface area contributed by atoms with E-state index in [9.17, 15) is 0 Å². The normalized spacial score (nSPS) is 12.1. The third kappa shape index (κ3) is 39.7. The van der Waals surface area contributed by atoms with Crippen LogP contribution in [-0.2, 0) is 0 Å². The topological polar surface area (TPSA) is 3.24 Å². The first kappa shape index (κ1) is 35.4. The SMILES string of the molecule is CCCCCCCCCCCCCCCC(Cl)CCCCCCCCCCCC.CN(C)C. The van der Waals surface area contributed by atoms with E-state index >= 15 is 0 Å². The van der Waals surface area contributed by atoms with Gasteiger partial charge in [-0.25, -0.2) is 0 Å². The number of hydrogen-bond acceptors (Lipinski definition) is 1. The summed E-state index contributed by atoms with van der Waals surface area (Å²) in [6.07, 6.45) is 35.4. The molecule has 0 heterocycles. The summed E-state index contributed by atoms with van der Waals surface area (Å²) in [6, 6.07) is 0. The number of hydrogen-bond donors (Lipinski definition) is 0. The van der Waals surface area contributed by atoms with E-state index in [0.717, 1.165) is 0 Å². The summed E-state index contributed by atoms with van der Waals surface area (Å²) >= 11 is 6.53. The Bertz CT molecular complexity index is 315. The van der Waals surface area contributed by atoms with Gasteiger partial charge in [0.2, 0.25) is 0 Å². The first-order valence-electron chi connectivity index (χ1n) is 15.3. The molecule has 0 saturated carbocycles. The van der Waals surface area contributed by atoms with Crippen molar-refractivity contribution in [2.75, 3.05) is 21.1 Å². The maximum absolute atomic E-state index is 6.53. The molecule has 0 radical (unpaired) electrons. The van der Waals surface area contributed by atoms with Crippen LogP contribution in [0.4, 0.5) is 0 Å². The quantitative estimate of drug-likeness (QED) is 0.0913. The average molecular weight is 488 g/mol. The molecule has 0 aromatic rings. The summed E-state index contributed by atoms with van der Waals surface area (Å²) in [5, 5.41) is 0.441. The van der Waals surface area contributed by atoms with Crippen molar-refractivity contribution in [3.63, 3.8) is 0 Å². The van der Waals surface area contributed by atoms with Gasteiger partial charge >= 0.3 is 0 Å². The van der Waals surface area contributed by atoms with E-state index < -0.39 is 0 Å². The zero-order valence-electron chi connectivity index (χ0n) is 24.1. The minimum atomic E-state index is 0.441. The molecule has 0 fully saturated rings. The van der Waals surface area contributed by atoms with Gasteiger partial charge in [0.15, 0.2) is 0 Å². The lowest BCUT2D eigenvalue weighted by molar-refractivity contribution is 0.505. The number of halogens is 1. The fraction of sp³-hybridized carbons (Fsp3) is 1.00. The fourth-order valence-corrected chi connectivity index (χ4v) is 4.69. The Balaban J connectivity index is 0. The van der Waals surface area contributed by atoms with Crippen molar-refractivity contribution in [2.45, 2.75) is 180 Å². The second-order valence-corrected chi connectivity index (χ2v) is 11.6. The van der Waals surface area contributed by atoms with Gasteiger partial charge in [0, 0.05) is 5.38 Å². The minimum absolute atomic E-state index is 0.441. The Kier molecular flexibility index (Phi) is 34.6. The van der Waals surface area contributed by atoms with Crippen LogP contribution in [0.1, 0.15) is 174 Å². The van der Waals surface area contributed by atoms with Crippen LogP contribution in [0.3, 0.4) is 0 Å². The third-order valence-corrected chi connectivity index (χ3v) is 6.93. The van der Waals surface area contributed by atoms with Gasteiger partial charge < -0.3 is 4.90 Å². The molecule has 0 aliphatic carbocycles. The summed E-state index contributed by atoms with van der Waals surface area (Å²) in [4.78, 5) is 2.00.